The number of rotatable bonds is 12. The molecule has 15 nitrogen and oxygen atoms in total. The Bertz CT molecular complexity index is 2910. The second kappa shape index (κ2) is 21.2. The van der Waals surface area contributed by atoms with Crippen LogP contribution in [0, 0.1) is 0 Å². The zero-order valence-electron chi connectivity index (χ0n) is 35.1. The third-order valence-electron chi connectivity index (χ3n) is 10.3. The molecule has 340 valence electrons. The van der Waals surface area contributed by atoms with Crippen LogP contribution in [0.4, 0.5) is 0 Å². The molecule has 6 aromatic rings. The van der Waals surface area contributed by atoms with E-state index in [9.17, 15) is 36.6 Å². The van der Waals surface area contributed by atoms with Crippen molar-refractivity contribution in [1.82, 2.24) is 20.2 Å². The van der Waals surface area contributed by atoms with E-state index in [0.29, 0.717) is 35.7 Å². The highest BCUT2D eigenvalue weighted by molar-refractivity contribution is 7.91. The van der Waals surface area contributed by atoms with Gasteiger partial charge in [-0.2, -0.15) is 0 Å². The minimum absolute atomic E-state index is 0.127. The van der Waals surface area contributed by atoms with E-state index in [4.69, 9.17) is 37.8 Å². The first-order valence-electron chi connectivity index (χ1n) is 19.9. The highest BCUT2D eigenvalue weighted by Crippen LogP contribution is 2.38. The van der Waals surface area contributed by atoms with Crippen molar-refractivity contribution >= 4 is 54.8 Å². The third kappa shape index (κ3) is 11.7. The van der Waals surface area contributed by atoms with E-state index in [1.807, 2.05) is 18.2 Å². The highest BCUT2D eigenvalue weighted by atomic mass is 35.5. The van der Waals surface area contributed by atoms with E-state index >= 15 is 0 Å². The van der Waals surface area contributed by atoms with Crippen molar-refractivity contribution in [3.05, 3.63) is 142 Å². The van der Waals surface area contributed by atoms with Crippen molar-refractivity contribution in [3.63, 3.8) is 0 Å². The summed E-state index contributed by atoms with van der Waals surface area (Å²) in [5.41, 5.74) is 3.63. The Balaban J connectivity index is 0.000000199. The number of nitrogens with zero attached hydrogens (tertiary/aromatic N) is 3. The van der Waals surface area contributed by atoms with E-state index in [1.165, 1.54) is 45.9 Å². The molecule has 0 radical (unpaired) electrons. The number of ether oxygens (including phenoxy) is 2. The molecule has 65 heavy (non-hydrogen) atoms. The van der Waals surface area contributed by atoms with Crippen molar-refractivity contribution in [2.75, 3.05) is 40.4 Å². The van der Waals surface area contributed by atoms with Crippen LogP contribution in [0.2, 0.25) is 10.0 Å². The van der Waals surface area contributed by atoms with Crippen LogP contribution in [0.15, 0.2) is 120 Å². The molecule has 0 aliphatic carbocycles. The molecule has 0 bridgehead atoms. The summed E-state index contributed by atoms with van der Waals surface area (Å²) in [4.78, 5) is 32.6. The van der Waals surface area contributed by atoms with Gasteiger partial charge in [0.1, 0.15) is 21.3 Å². The number of methoxy groups -OCH3 is 2. The molecule has 19 heteroatoms. The fourth-order valence-corrected chi connectivity index (χ4v) is 10.1. The fraction of sp³-hybridized carbons (Fsp3) is 0.217. The number of aromatic hydroxyl groups is 2. The summed E-state index contributed by atoms with van der Waals surface area (Å²) in [6, 6.07) is 21.8. The van der Waals surface area contributed by atoms with Crippen molar-refractivity contribution in [2.24, 2.45) is 0 Å². The molecule has 2 aliphatic heterocycles. The molecule has 0 saturated carbocycles. The third-order valence-corrected chi connectivity index (χ3v) is 14.2. The molecule has 0 atom stereocenters. The van der Waals surface area contributed by atoms with Gasteiger partial charge in [-0.05, 0) is 97.7 Å². The molecule has 1 amide bonds. The Kier molecular flexibility index (Phi) is 15.7. The minimum atomic E-state index is -4.15. The predicted octanol–water partition coefficient (Wildman–Crippen LogP) is 7.70. The van der Waals surface area contributed by atoms with E-state index in [0.717, 1.165) is 40.8 Å². The summed E-state index contributed by atoms with van der Waals surface area (Å²) in [5.74, 6) is -3.20. The molecule has 2 saturated heterocycles. The van der Waals surface area contributed by atoms with Crippen LogP contribution in [-0.4, -0.2) is 99.3 Å². The molecule has 2 fully saturated rings. The number of likely N-dealkylation sites (tertiary alicyclic amines) is 1. The number of carboxylic acids is 1. The first-order chi connectivity index (χ1) is 31.0. The van der Waals surface area contributed by atoms with Gasteiger partial charge < -0.3 is 35.0 Å². The SMILES string of the molecule is C1CNC1.COc1ccc(-c2cccnc2)cc1CS(=O)(=O)c1cc(C(=O)N2CCC2)cc(Cl)c1O.COc1ccc(-c2cccnc2)cc1CS(=O)(=O)c1cc(C(=O)O)cc(Cl)c1O. The quantitative estimate of drug-likeness (QED) is 0.0923. The minimum Gasteiger partial charge on any atom is -0.505 e. The van der Waals surface area contributed by atoms with Crippen molar-refractivity contribution in [3.8, 4) is 45.3 Å². The van der Waals surface area contributed by atoms with Crippen molar-refractivity contribution < 1.29 is 51.2 Å². The average molecular weight is 964 g/mol. The molecule has 2 aliphatic rings. The summed E-state index contributed by atoms with van der Waals surface area (Å²) in [5, 5.41) is 32.3. The van der Waals surface area contributed by atoms with Crippen LogP contribution in [0.1, 0.15) is 44.7 Å². The Morgan fingerprint density at radius 1 is 0.662 bits per heavy atom. The number of pyridine rings is 2. The maximum atomic E-state index is 13.3. The van der Waals surface area contributed by atoms with Crippen molar-refractivity contribution in [2.45, 2.75) is 34.1 Å². The van der Waals surface area contributed by atoms with Crippen LogP contribution in [-0.2, 0) is 31.2 Å². The molecule has 0 spiro atoms. The second-order valence-corrected chi connectivity index (χ2v) is 19.4. The Morgan fingerprint density at radius 2 is 1.09 bits per heavy atom. The largest absolute Gasteiger partial charge is 0.505 e. The smallest absolute Gasteiger partial charge is 0.335 e. The number of hydrogen-bond acceptors (Lipinski definition) is 13. The van der Waals surface area contributed by atoms with E-state index < -0.39 is 53.5 Å². The molecular weight excluding hydrogens is 920 g/mol. The number of carbonyl (C=O) groups is 2. The molecule has 2 aromatic heterocycles. The zero-order valence-corrected chi connectivity index (χ0v) is 38.2. The van der Waals surface area contributed by atoms with Gasteiger partial charge in [0.2, 0.25) is 0 Å². The molecular formula is C46H44Cl2N4O11S2. The van der Waals surface area contributed by atoms with Crippen LogP contribution >= 0.6 is 23.2 Å². The summed E-state index contributed by atoms with van der Waals surface area (Å²) in [7, 11) is -5.35. The number of halogens is 2. The standard InChI is InChI=1S/C23H21ClN2O5S.C20H16ClNO6S.C3H7N/c1-31-20-6-5-15(16-4-2-7-25-13-16)10-18(20)14-32(29,30)21-12-17(11-19(24)22(21)27)23(28)26-8-3-9-26;1-28-17-5-4-12(13-3-2-6-22-10-13)7-15(17)11-29(26,27)18-9-14(20(24)25)8-16(21)19(18)23;1-2-4-3-1/h2,4-7,10-13,27H,3,8-9,14H2,1H3;2-10,23H,11H2,1H3,(H,24,25);4H,1-3H2. The number of aromatic nitrogens is 2. The lowest BCUT2D eigenvalue weighted by Crippen LogP contribution is -2.42. The summed E-state index contributed by atoms with van der Waals surface area (Å²) in [6.45, 7) is 3.72. The summed E-state index contributed by atoms with van der Waals surface area (Å²) in [6.07, 6.45) is 8.88. The zero-order chi connectivity index (χ0) is 46.9. The lowest BCUT2D eigenvalue weighted by atomic mass is 10.0. The lowest BCUT2D eigenvalue weighted by Gasteiger charge is -2.31. The summed E-state index contributed by atoms with van der Waals surface area (Å²) < 4.78 is 63.2. The van der Waals surface area contributed by atoms with Crippen LogP contribution in [0.5, 0.6) is 23.0 Å². The Labute approximate surface area is 386 Å². The van der Waals surface area contributed by atoms with Gasteiger partial charge in [-0.3, -0.25) is 14.8 Å². The summed E-state index contributed by atoms with van der Waals surface area (Å²) >= 11 is 11.9. The number of hydrogen-bond donors (Lipinski definition) is 4. The fourth-order valence-electron chi connectivity index (χ4n) is 6.52. The number of phenolic OH excluding ortho intramolecular Hbond substituents is 2. The van der Waals surface area contributed by atoms with Crippen molar-refractivity contribution in [1.29, 1.82) is 0 Å². The van der Waals surface area contributed by atoms with Gasteiger partial charge >= 0.3 is 5.97 Å². The van der Waals surface area contributed by atoms with Gasteiger partial charge in [-0.15, -0.1) is 0 Å². The van der Waals surface area contributed by atoms with Gasteiger partial charge in [-0.25, -0.2) is 21.6 Å². The number of benzene rings is 4. The Hall–Kier alpha value is -6.24. The number of sulfone groups is 2. The van der Waals surface area contributed by atoms with Gasteiger partial charge in [0, 0.05) is 65.7 Å². The number of nitrogens with one attached hydrogen (secondary N) is 1. The van der Waals surface area contributed by atoms with Gasteiger partial charge in [-0.1, -0.05) is 47.5 Å². The molecule has 4 heterocycles. The number of aromatic carboxylic acids is 1. The topological polar surface area (TPSA) is 223 Å². The molecule has 4 N–H and O–H groups in total. The van der Waals surface area contributed by atoms with Crippen LogP contribution < -0.4 is 14.8 Å². The monoisotopic (exact) mass is 962 g/mol. The van der Waals surface area contributed by atoms with E-state index in [-0.39, 0.29) is 32.0 Å². The normalized spacial score (nSPS) is 13.1. The second-order valence-electron chi connectivity index (χ2n) is 14.7. The average Bonchev–Trinajstić information content (AvgIpc) is 3.24. The van der Waals surface area contributed by atoms with Crippen LogP contribution in [0.3, 0.4) is 0 Å². The van der Waals surface area contributed by atoms with Gasteiger partial charge in [0.15, 0.2) is 31.2 Å². The Morgan fingerprint density at radius 3 is 1.45 bits per heavy atom. The van der Waals surface area contributed by atoms with Gasteiger partial charge in [0.05, 0.1) is 41.3 Å². The number of amides is 1. The highest BCUT2D eigenvalue weighted by Gasteiger charge is 2.29. The van der Waals surface area contributed by atoms with E-state index in [2.05, 4.69) is 15.3 Å². The maximum Gasteiger partial charge on any atom is 0.335 e. The number of carboxylic acid groups (broad SMARTS) is 1. The molecule has 8 rings (SSSR count). The predicted molar refractivity (Wildman–Crippen MR) is 245 cm³/mol. The molecule has 4 aromatic carbocycles. The number of phenols is 2. The molecule has 0 unspecified atom stereocenters. The van der Waals surface area contributed by atoms with Crippen LogP contribution in [0.25, 0.3) is 22.3 Å². The first-order valence-corrected chi connectivity index (χ1v) is 24.0. The van der Waals surface area contributed by atoms with Gasteiger partial charge in [0.25, 0.3) is 5.91 Å². The maximum absolute atomic E-state index is 13.3. The van der Waals surface area contributed by atoms with E-state index in [1.54, 1.807) is 72.2 Å². The number of carbonyl (C=O) groups excluding carboxylic acids is 1. The first kappa shape index (κ1) is 48.2. The lowest BCUT2D eigenvalue weighted by molar-refractivity contribution is 0.0650.